The van der Waals surface area contributed by atoms with Crippen molar-refractivity contribution < 1.29 is 48.5 Å². The first-order valence-corrected chi connectivity index (χ1v) is 13.8. The number of carboxylic acids is 2. The van der Waals surface area contributed by atoms with Crippen molar-refractivity contribution in [3.8, 4) is 5.75 Å². The number of likely N-dealkylation sites (tertiary alicyclic amines) is 1. The zero-order valence-electron chi connectivity index (χ0n) is 23.6. The maximum absolute atomic E-state index is 13.4. The van der Waals surface area contributed by atoms with E-state index in [-0.39, 0.29) is 76.8 Å². The molecule has 2 saturated heterocycles. The highest BCUT2D eigenvalue weighted by atomic mass is 16.6. The van der Waals surface area contributed by atoms with Gasteiger partial charge >= 0.3 is 18.0 Å². The SMILES string of the molecule is CCOC(=O)N1CCN(C(=O)C(CCC(=O)O)NC(=O)c2cc(OCC(=O)N3CC(C(=O)O)C3)c3ccccc3n2)CC1. The maximum Gasteiger partial charge on any atom is 0.409 e. The maximum atomic E-state index is 13.4. The van der Waals surface area contributed by atoms with Crippen LogP contribution in [-0.4, -0.2) is 124 Å². The van der Waals surface area contributed by atoms with Crippen LogP contribution in [0.4, 0.5) is 4.79 Å². The number of fused-ring (bicyclic) bond motifs is 1. The molecule has 1 aromatic heterocycles. The van der Waals surface area contributed by atoms with E-state index in [2.05, 4.69) is 10.3 Å². The van der Waals surface area contributed by atoms with Crippen molar-refractivity contribution >= 4 is 46.7 Å². The van der Waals surface area contributed by atoms with Gasteiger partial charge in [0.15, 0.2) is 6.61 Å². The highest BCUT2D eigenvalue weighted by Gasteiger charge is 2.36. The fourth-order valence-electron chi connectivity index (χ4n) is 4.75. The van der Waals surface area contributed by atoms with Gasteiger partial charge in [-0.1, -0.05) is 12.1 Å². The molecule has 2 aliphatic rings. The molecule has 2 aliphatic heterocycles. The van der Waals surface area contributed by atoms with E-state index < -0.39 is 47.7 Å². The number of rotatable bonds is 11. The molecular formula is C28H33N5O10. The molecule has 4 amide bonds. The highest BCUT2D eigenvalue weighted by Crippen LogP contribution is 2.26. The Balaban J connectivity index is 1.46. The average Bonchev–Trinajstić information content (AvgIpc) is 2.96. The van der Waals surface area contributed by atoms with E-state index in [1.54, 1.807) is 31.2 Å². The third kappa shape index (κ3) is 7.67. The molecular weight excluding hydrogens is 566 g/mol. The molecule has 1 atom stereocenters. The molecule has 0 aliphatic carbocycles. The number of para-hydroxylation sites is 1. The van der Waals surface area contributed by atoms with Crippen LogP contribution in [0.1, 0.15) is 30.3 Å². The fourth-order valence-corrected chi connectivity index (χ4v) is 4.75. The lowest BCUT2D eigenvalue weighted by Gasteiger charge is -2.36. The summed E-state index contributed by atoms with van der Waals surface area (Å²) in [6, 6.07) is 6.93. The van der Waals surface area contributed by atoms with Crippen molar-refractivity contribution in [2.24, 2.45) is 5.92 Å². The van der Waals surface area contributed by atoms with Crippen molar-refractivity contribution in [1.82, 2.24) is 25.0 Å². The summed E-state index contributed by atoms with van der Waals surface area (Å²) in [7, 11) is 0. The standard InChI is InChI=1S/C28H33N5O10/c1-2-42-28(41)32-11-9-31(10-12-32)26(38)20(7-8-24(35)36)30-25(37)21-13-22(18-5-3-4-6-19(18)29-21)43-16-23(34)33-14-17(15-33)27(39)40/h3-6,13,17,20H,2,7-12,14-16H2,1H3,(H,30,37)(H,35,36)(H,39,40). The van der Waals surface area contributed by atoms with Gasteiger partial charge in [-0.15, -0.1) is 0 Å². The molecule has 43 heavy (non-hydrogen) atoms. The number of hydrogen-bond acceptors (Lipinski definition) is 9. The van der Waals surface area contributed by atoms with Crippen LogP contribution in [-0.2, 0) is 23.9 Å². The first kappa shape index (κ1) is 31.0. The molecule has 2 fully saturated rings. The molecule has 1 unspecified atom stereocenters. The van der Waals surface area contributed by atoms with Crippen LogP contribution >= 0.6 is 0 Å². The summed E-state index contributed by atoms with van der Waals surface area (Å²) >= 11 is 0. The van der Waals surface area contributed by atoms with Crippen molar-refractivity contribution in [1.29, 1.82) is 0 Å². The van der Waals surface area contributed by atoms with Gasteiger partial charge in [-0.3, -0.25) is 24.0 Å². The summed E-state index contributed by atoms with van der Waals surface area (Å²) in [6.45, 7) is 2.52. The van der Waals surface area contributed by atoms with E-state index in [4.69, 9.17) is 14.6 Å². The minimum absolute atomic E-state index is 0.0892. The minimum Gasteiger partial charge on any atom is -0.483 e. The summed E-state index contributed by atoms with van der Waals surface area (Å²) in [4.78, 5) is 82.2. The van der Waals surface area contributed by atoms with Gasteiger partial charge < -0.3 is 39.7 Å². The lowest BCUT2D eigenvalue weighted by Crippen LogP contribution is -2.56. The number of aliphatic carboxylic acids is 2. The van der Waals surface area contributed by atoms with Gasteiger partial charge in [0.25, 0.3) is 11.8 Å². The van der Waals surface area contributed by atoms with Gasteiger partial charge in [0, 0.05) is 57.1 Å². The third-order valence-electron chi connectivity index (χ3n) is 7.21. The smallest absolute Gasteiger partial charge is 0.409 e. The number of carbonyl (C=O) groups excluding carboxylic acids is 4. The van der Waals surface area contributed by atoms with Crippen LogP contribution in [0.15, 0.2) is 30.3 Å². The number of pyridine rings is 1. The summed E-state index contributed by atoms with van der Waals surface area (Å²) in [5, 5.41) is 21.4. The zero-order chi connectivity index (χ0) is 31.1. The highest BCUT2D eigenvalue weighted by molar-refractivity contribution is 5.99. The van der Waals surface area contributed by atoms with Gasteiger partial charge in [0.05, 0.1) is 18.0 Å². The minimum atomic E-state index is -1.18. The van der Waals surface area contributed by atoms with Crippen molar-refractivity contribution in [3.63, 3.8) is 0 Å². The number of benzene rings is 1. The molecule has 2 aromatic rings. The molecule has 0 saturated carbocycles. The van der Waals surface area contributed by atoms with Crippen molar-refractivity contribution in [2.75, 3.05) is 52.5 Å². The van der Waals surface area contributed by atoms with Gasteiger partial charge in [-0.25, -0.2) is 9.78 Å². The van der Waals surface area contributed by atoms with Crippen molar-refractivity contribution in [2.45, 2.75) is 25.8 Å². The third-order valence-corrected chi connectivity index (χ3v) is 7.21. The molecule has 4 rings (SSSR count). The quantitative estimate of drug-likeness (QED) is 0.324. The van der Waals surface area contributed by atoms with E-state index >= 15 is 0 Å². The topological polar surface area (TPSA) is 196 Å². The Bertz CT molecular complexity index is 1400. The van der Waals surface area contributed by atoms with Crippen LogP contribution in [0.25, 0.3) is 10.9 Å². The van der Waals surface area contributed by atoms with Crippen LogP contribution in [0.2, 0.25) is 0 Å². The molecule has 230 valence electrons. The fraction of sp³-hybridized carbons (Fsp3) is 0.464. The second kappa shape index (κ2) is 13.8. The number of carboxylic acid groups (broad SMARTS) is 2. The summed E-state index contributed by atoms with van der Waals surface area (Å²) in [5.41, 5.74) is 0.271. The number of hydrogen-bond donors (Lipinski definition) is 3. The number of piperazine rings is 1. The predicted octanol–water partition coefficient (Wildman–Crippen LogP) is 0.421. The Morgan fingerprint density at radius 3 is 2.33 bits per heavy atom. The Morgan fingerprint density at radius 1 is 1.00 bits per heavy atom. The normalized spacial score (nSPS) is 15.8. The van der Waals surface area contributed by atoms with Crippen LogP contribution < -0.4 is 10.1 Å². The van der Waals surface area contributed by atoms with E-state index in [1.165, 1.54) is 20.8 Å². The Labute approximate surface area is 246 Å². The Morgan fingerprint density at radius 2 is 1.67 bits per heavy atom. The second-order valence-electron chi connectivity index (χ2n) is 10.1. The van der Waals surface area contributed by atoms with Crippen molar-refractivity contribution in [3.05, 3.63) is 36.0 Å². The monoisotopic (exact) mass is 599 g/mol. The largest absolute Gasteiger partial charge is 0.483 e. The van der Waals surface area contributed by atoms with Gasteiger partial charge in [0.1, 0.15) is 17.5 Å². The number of aromatic nitrogens is 1. The average molecular weight is 600 g/mol. The number of ether oxygens (including phenoxy) is 2. The van der Waals surface area contributed by atoms with Gasteiger partial charge in [-0.05, 0) is 25.5 Å². The molecule has 3 N–H and O–H groups in total. The molecule has 15 nitrogen and oxygen atoms in total. The Kier molecular flexibility index (Phi) is 9.95. The molecule has 15 heteroatoms. The van der Waals surface area contributed by atoms with Crippen LogP contribution in [0, 0.1) is 5.92 Å². The first-order chi connectivity index (χ1) is 20.6. The van der Waals surface area contributed by atoms with Gasteiger partial charge in [0.2, 0.25) is 5.91 Å². The molecule has 0 radical (unpaired) electrons. The van der Waals surface area contributed by atoms with Crippen LogP contribution in [0.5, 0.6) is 5.75 Å². The number of carbonyl (C=O) groups is 6. The van der Waals surface area contributed by atoms with E-state index in [1.807, 2.05) is 0 Å². The Hall–Kier alpha value is -4.95. The summed E-state index contributed by atoms with van der Waals surface area (Å²) in [6.07, 6.45) is -1.03. The lowest BCUT2D eigenvalue weighted by atomic mass is 10.0. The second-order valence-corrected chi connectivity index (χ2v) is 10.1. The molecule has 0 spiro atoms. The predicted molar refractivity (Wildman–Crippen MR) is 148 cm³/mol. The number of amides is 4. The number of nitrogens with one attached hydrogen (secondary N) is 1. The van der Waals surface area contributed by atoms with Gasteiger partial charge in [-0.2, -0.15) is 0 Å². The number of nitrogens with zero attached hydrogens (tertiary/aromatic N) is 4. The first-order valence-electron chi connectivity index (χ1n) is 13.8. The van der Waals surface area contributed by atoms with Crippen LogP contribution in [0.3, 0.4) is 0 Å². The van der Waals surface area contributed by atoms with E-state index in [0.717, 1.165) is 0 Å². The van der Waals surface area contributed by atoms with E-state index in [0.29, 0.717) is 10.9 Å². The summed E-state index contributed by atoms with van der Waals surface area (Å²) in [5.74, 6) is -4.19. The zero-order valence-corrected chi connectivity index (χ0v) is 23.6. The van der Waals surface area contributed by atoms with E-state index in [9.17, 15) is 33.9 Å². The molecule has 0 bridgehead atoms. The molecule has 3 heterocycles. The lowest BCUT2D eigenvalue weighted by molar-refractivity contribution is -0.153. The molecule has 1 aromatic carbocycles. The summed E-state index contributed by atoms with van der Waals surface area (Å²) < 4.78 is 10.7.